The van der Waals surface area contributed by atoms with Crippen LogP contribution in [0, 0.1) is 0 Å². The first kappa shape index (κ1) is 12.9. The first-order chi connectivity index (χ1) is 9.45. The molecule has 0 spiro atoms. The number of benzene rings is 1. The molecule has 0 bridgehead atoms. The van der Waals surface area contributed by atoms with Crippen molar-refractivity contribution in [3.05, 3.63) is 47.1 Å². The van der Waals surface area contributed by atoms with Crippen molar-refractivity contribution >= 4 is 22.6 Å². The van der Waals surface area contributed by atoms with Gasteiger partial charge in [-0.1, -0.05) is 17.7 Å². The van der Waals surface area contributed by atoms with E-state index >= 15 is 0 Å². The maximum absolute atomic E-state index is 12.5. The molecule has 7 heteroatoms. The van der Waals surface area contributed by atoms with E-state index in [9.17, 15) is 13.2 Å². The van der Waals surface area contributed by atoms with E-state index in [2.05, 4.69) is 15.0 Å². The number of fused-ring (bicyclic) bond motifs is 1. The standard InChI is InChI=1S/C13H7ClF3N3/c14-8-2-1-3-9-11(8)20-12(19-9)10-5-4-7(6-18-10)13(15,16)17/h1-6H,(H,19,20). The average molecular weight is 298 g/mol. The first-order valence-corrected chi connectivity index (χ1v) is 6.01. The van der Waals surface area contributed by atoms with E-state index in [1.165, 1.54) is 6.07 Å². The molecule has 0 aliphatic heterocycles. The van der Waals surface area contributed by atoms with Crippen molar-refractivity contribution in [2.45, 2.75) is 6.18 Å². The Morgan fingerprint density at radius 2 is 1.90 bits per heavy atom. The van der Waals surface area contributed by atoms with Crippen molar-refractivity contribution in [2.24, 2.45) is 0 Å². The molecule has 0 aliphatic carbocycles. The Labute approximate surface area is 116 Å². The Morgan fingerprint density at radius 3 is 2.50 bits per heavy atom. The lowest BCUT2D eigenvalue weighted by Gasteiger charge is -2.05. The molecule has 2 heterocycles. The van der Waals surface area contributed by atoms with Gasteiger partial charge < -0.3 is 4.98 Å². The van der Waals surface area contributed by atoms with Gasteiger partial charge in [0.15, 0.2) is 5.82 Å². The number of pyridine rings is 1. The summed E-state index contributed by atoms with van der Waals surface area (Å²) in [6, 6.07) is 7.47. The summed E-state index contributed by atoms with van der Waals surface area (Å²) in [6.07, 6.45) is -3.62. The van der Waals surface area contributed by atoms with Crippen molar-refractivity contribution < 1.29 is 13.2 Å². The van der Waals surface area contributed by atoms with Gasteiger partial charge in [-0.05, 0) is 24.3 Å². The van der Waals surface area contributed by atoms with Gasteiger partial charge in [-0.25, -0.2) is 4.98 Å². The summed E-state index contributed by atoms with van der Waals surface area (Å²) in [5.74, 6) is 0.377. The second-order valence-electron chi connectivity index (χ2n) is 4.15. The van der Waals surface area contributed by atoms with Gasteiger partial charge in [0.25, 0.3) is 0 Å². The highest BCUT2D eigenvalue weighted by molar-refractivity contribution is 6.34. The lowest BCUT2D eigenvalue weighted by atomic mass is 10.2. The van der Waals surface area contributed by atoms with Crippen LogP contribution in [0.3, 0.4) is 0 Å². The monoisotopic (exact) mass is 297 g/mol. The topological polar surface area (TPSA) is 41.6 Å². The minimum atomic E-state index is -4.40. The quantitative estimate of drug-likeness (QED) is 0.727. The molecule has 0 aliphatic rings. The van der Waals surface area contributed by atoms with Gasteiger partial charge in [-0.2, -0.15) is 13.2 Å². The van der Waals surface area contributed by atoms with Crippen LogP contribution >= 0.6 is 11.6 Å². The van der Waals surface area contributed by atoms with Crippen LogP contribution in [0.1, 0.15) is 5.56 Å². The third kappa shape index (κ3) is 2.22. The first-order valence-electron chi connectivity index (χ1n) is 5.63. The number of aromatic amines is 1. The van der Waals surface area contributed by atoms with Crippen molar-refractivity contribution in [3.8, 4) is 11.5 Å². The lowest BCUT2D eigenvalue weighted by Crippen LogP contribution is -2.05. The minimum Gasteiger partial charge on any atom is -0.337 e. The molecular formula is C13H7ClF3N3. The number of para-hydroxylation sites is 1. The van der Waals surface area contributed by atoms with E-state index in [1.807, 2.05) is 0 Å². The number of H-pyrrole nitrogens is 1. The summed E-state index contributed by atoms with van der Waals surface area (Å²) < 4.78 is 37.4. The number of imidazole rings is 1. The molecule has 3 aromatic rings. The maximum Gasteiger partial charge on any atom is 0.417 e. The van der Waals surface area contributed by atoms with Crippen LogP contribution in [0.4, 0.5) is 13.2 Å². The molecular weight excluding hydrogens is 291 g/mol. The number of rotatable bonds is 1. The zero-order valence-electron chi connectivity index (χ0n) is 9.87. The zero-order chi connectivity index (χ0) is 14.3. The van der Waals surface area contributed by atoms with Crippen LogP contribution in [0.25, 0.3) is 22.6 Å². The maximum atomic E-state index is 12.5. The highest BCUT2D eigenvalue weighted by Crippen LogP contribution is 2.30. The summed E-state index contributed by atoms with van der Waals surface area (Å²) in [5, 5.41) is 0.469. The number of nitrogens with zero attached hydrogens (tertiary/aromatic N) is 2. The Morgan fingerprint density at radius 1 is 1.10 bits per heavy atom. The second kappa shape index (κ2) is 4.49. The molecule has 20 heavy (non-hydrogen) atoms. The molecule has 0 radical (unpaired) electrons. The van der Waals surface area contributed by atoms with E-state index < -0.39 is 11.7 Å². The van der Waals surface area contributed by atoms with Crippen LogP contribution in [0.2, 0.25) is 5.02 Å². The number of halogens is 4. The van der Waals surface area contributed by atoms with Gasteiger partial charge in [0.1, 0.15) is 11.2 Å². The van der Waals surface area contributed by atoms with Crippen LogP contribution in [-0.4, -0.2) is 15.0 Å². The van der Waals surface area contributed by atoms with E-state index in [4.69, 9.17) is 11.6 Å². The van der Waals surface area contributed by atoms with Crippen LogP contribution in [-0.2, 0) is 6.18 Å². The third-order valence-electron chi connectivity index (χ3n) is 2.80. The number of hydrogen-bond donors (Lipinski definition) is 1. The molecule has 3 nitrogen and oxygen atoms in total. The normalized spacial score (nSPS) is 12.0. The molecule has 0 saturated heterocycles. The predicted octanol–water partition coefficient (Wildman–Crippen LogP) is 4.30. The molecule has 0 atom stereocenters. The third-order valence-corrected chi connectivity index (χ3v) is 3.10. The molecule has 3 rings (SSSR count). The Kier molecular flexibility index (Phi) is 2.90. The molecule has 0 unspecified atom stereocenters. The van der Waals surface area contributed by atoms with Gasteiger partial charge in [0, 0.05) is 6.20 Å². The van der Waals surface area contributed by atoms with Crippen LogP contribution in [0.5, 0.6) is 0 Å². The highest BCUT2D eigenvalue weighted by Gasteiger charge is 2.30. The van der Waals surface area contributed by atoms with Gasteiger partial charge in [0.05, 0.1) is 16.1 Å². The molecule has 1 aromatic carbocycles. The second-order valence-corrected chi connectivity index (χ2v) is 4.56. The summed E-state index contributed by atoms with van der Waals surface area (Å²) in [4.78, 5) is 11.0. The fourth-order valence-electron chi connectivity index (χ4n) is 1.82. The molecule has 102 valence electrons. The van der Waals surface area contributed by atoms with Crippen LogP contribution < -0.4 is 0 Å². The smallest absolute Gasteiger partial charge is 0.337 e. The summed E-state index contributed by atoms with van der Waals surface area (Å²) >= 11 is 5.99. The van der Waals surface area contributed by atoms with Gasteiger partial charge in [0.2, 0.25) is 0 Å². The fourth-order valence-corrected chi connectivity index (χ4v) is 2.04. The van der Waals surface area contributed by atoms with Crippen LogP contribution in [0.15, 0.2) is 36.5 Å². The van der Waals surface area contributed by atoms with Gasteiger partial charge >= 0.3 is 6.18 Å². The van der Waals surface area contributed by atoms with Crippen molar-refractivity contribution in [3.63, 3.8) is 0 Å². The number of alkyl halides is 3. The predicted molar refractivity (Wildman–Crippen MR) is 69.3 cm³/mol. The number of aromatic nitrogens is 3. The minimum absolute atomic E-state index is 0.324. The average Bonchev–Trinajstić information content (AvgIpc) is 2.83. The van der Waals surface area contributed by atoms with E-state index in [-0.39, 0.29) is 0 Å². The Bertz CT molecular complexity index is 763. The van der Waals surface area contributed by atoms with E-state index in [1.54, 1.807) is 18.2 Å². The zero-order valence-corrected chi connectivity index (χ0v) is 10.6. The van der Waals surface area contributed by atoms with E-state index in [0.717, 1.165) is 12.3 Å². The van der Waals surface area contributed by atoms with Gasteiger partial charge in [-0.15, -0.1) is 0 Å². The fraction of sp³-hybridized carbons (Fsp3) is 0.0769. The number of hydrogen-bond acceptors (Lipinski definition) is 2. The Balaban J connectivity index is 2.05. The Hall–Kier alpha value is -2.08. The summed E-state index contributed by atoms with van der Waals surface area (Å²) in [7, 11) is 0. The summed E-state index contributed by atoms with van der Waals surface area (Å²) in [6.45, 7) is 0. The largest absolute Gasteiger partial charge is 0.417 e. The highest BCUT2D eigenvalue weighted by atomic mass is 35.5. The van der Waals surface area contributed by atoms with Crippen molar-refractivity contribution in [1.29, 1.82) is 0 Å². The lowest BCUT2D eigenvalue weighted by molar-refractivity contribution is -0.137. The number of nitrogens with one attached hydrogen (secondary N) is 1. The van der Waals surface area contributed by atoms with Crippen molar-refractivity contribution in [2.75, 3.05) is 0 Å². The van der Waals surface area contributed by atoms with Gasteiger partial charge in [-0.3, -0.25) is 4.98 Å². The molecule has 0 amide bonds. The SMILES string of the molecule is FC(F)(F)c1ccc(-c2nc3c(Cl)cccc3[nH]2)nc1. The van der Waals surface area contributed by atoms with Crippen molar-refractivity contribution in [1.82, 2.24) is 15.0 Å². The molecule has 2 aromatic heterocycles. The molecule has 0 saturated carbocycles. The molecule has 0 fully saturated rings. The molecule has 1 N–H and O–H groups in total. The summed E-state index contributed by atoms with van der Waals surface area (Å²) in [5.41, 5.74) is 0.792. The van der Waals surface area contributed by atoms with E-state index in [0.29, 0.717) is 27.6 Å².